The van der Waals surface area contributed by atoms with E-state index in [0.717, 1.165) is 31.6 Å². The Kier molecular flexibility index (Phi) is 4.80. The number of likely N-dealkylation sites (tertiary alicyclic amines) is 1. The zero-order chi connectivity index (χ0) is 17.2. The number of hydrogen-bond acceptors (Lipinski definition) is 6. The average Bonchev–Trinajstić information content (AvgIpc) is 3.36. The van der Waals surface area contributed by atoms with Crippen LogP contribution >= 0.6 is 11.3 Å². The maximum Gasteiger partial charge on any atom is 0.308 e. The van der Waals surface area contributed by atoms with Gasteiger partial charge in [-0.15, -0.1) is 11.3 Å². The molecule has 0 amide bonds. The molecule has 0 aromatic carbocycles. The molecule has 0 aliphatic carbocycles. The van der Waals surface area contributed by atoms with Gasteiger partial charge in [0.25, 0.3) is 0 Å². The number of carboxylic acid groups (broad SMARTS) is 1. The minimum absolute atomic E-state index is 0.0284. The number of aliphatic carboxylic acids is 1. The molecule has 0 spiro atoms. The van der Waals surface area contributed by atoms with Crippen molar-refractivity contribution in [2.75, 3.05) is 19.6 Å². The summed E-state index contributed by atoms with van der Waals surface area (Å²) < 4.78 is 0. The fraction of sp³-hybridized carbons (Fsp3) is 0.444. The second-order valence-corrected chi connectivity index (χ2v) is 7.94. The van der Waals surface area contributed by atoms with Gasteiger partial charge in [-0.25, -0.2) is 5.43 Å². The van der Waals surface area contributed by atoms with Gasteiger partial charge < -0.3 is 5.11 Å². The molecule has 2 aliphatic heterocycles. The molecule has 0 radical (unpaired) electrons. The monoisotopic (exact) mass is 358 g/mol. The maximum atomic E-state index is 11.7. The van der Waals surface area contributed by atoms with E-state index in [1.807, 2.05) is 23.5 Å². The van der Waals surface area contributed by atoms with Crippen LogP contribution < -0.4 is 10.9 Å². The van der Waals surface area contributed by atoms with Crippen LogP contribution in [0.5, 0.6) is 0 Å². The van der Waals surface area contributed by atoms with Crippen LogP contribution in [0.3, 0.4) is 0 Å². The molecular formula is C18H22N4O2S. The summed E-state index contributed by atoms with van der Waals surface area (Å²) >= 11 is 1.82. The second-order valence-electron chi connectivity index (χ2n) is 6.74. The van der Waals surface area contributed by atoms with E-state index in [-0.39, 0.29) is 11.8 Å². The Morgan fingerprint density at radius 2 is 2.12 bits per heavy atom. The molecule has 2 aliphatic rings. The number of rotatable bonds is 5. The van der Waals surface area contributed by atoms with Crippen molar-refractivity contribution < 1.29 is 9.90 Å². The molecule has 2 aromatic heterocycles. The topological polar surface area (TPSA) is 77.5 Å². The van der Waals surface area contributed by atoms with Crippen molar-refractivity contribution in [2.45, 2.75) is 24.9 Å². The first-order chi connectivity index (χ1) is 12.2. The van der Waals surface area contributed by atoms with Crippen LogP contribution in [-0.2, 0) is 11.3 Å². The zero-order valence-electron chi connectivity index (χ0n) is 13.9. The summed E-state index contributed by atoms with van der Waals surface area (Å²) in [7, 11) is 0. The van der Waals surface area contributed by atoms with Gasteiger partial charge in [-0.3, -0.25) is 20.1 Å². The molecule has 3 N–H and O–H groups in total. The highest BCUT2D eigenvalue weighted by Gasteiger charge is 2.38. The Morgan fingerprint density at radius 3 is 2.84 bits per heavy atom. The van der Waals surface area contributed by atoms with Gasteiger partial charge in [0, 0.05) is 54.2 Å². The third kappa shape index (κ3) is 3.59. The molecule has 2 fully saturated rings. The summed E-state index contributed by atoms with van der Waals surface area (Å²) in [5, 5.41) is 9.62. The smallest absolute Gasteiger partial charge is 0.308 e. The fourth-order valence-electron chi connectivity index (χ4n) is 3.80. The van der Waals surface area contributed by atoms with Crippen LogP contribution in [-0.4, -0.2) is 40.6 Å². The van der Waals surface area contributed by atoms with Crippen LogP contribution in [0.25, 0.3) is 0 Å². The minimum atomic E-state index is -0.711. The van der Waals surface area contributed by atoms with Crippen LogP contribution in [0.1, 0.15) is 33.7 Å². The lowest BCUT2D eigenvalue weighted by Gasteiger charge is -2.15. The van der Waals surface area contributed by atoms with E-state index < -0.39 is 5.97 Å². The number of hydrogen-bond donors (Lipinski definition) is 3. The number of pyridine rings is 1. The SMILES string of the molecule is O=C(O)[C@@H]1CN(Cc2ccc(C3CCNN3)s2)C[C@H]1c1ccncc1. The predicted molar refractivity (Wildman–Crippen MR) is 96.2 cm³/mol. The van der Waals surface area contributed by atoms with Gasteiger partial charge in [0.05, 0.1) is 12.0 Å². The second kappa shape index (κ2) is 7.21. The van der Waals surface area contributed by atoms with Crippen LogP contribution in [0.15, 0.2) is 36.7 Å². The normalized spacial score (nSPS) is 27.0. The maximum absolute atomic E-state index is 11.7. The lowest BCUT2D eigenvalue weighted by Crippen LogP contribution is -2.24. The van der Waals surface area contributed by atoms with Gasteiger partial charge in [-0.05, 0) is 36.2 Å². The average molecular weight is 358 g/mol. The molecule has 1 unspecified atom stereocenters. The van der Waals surface area contributed by atoms with Crippen molar-refractivity contribution in [2.24, 2.45) is 5.92 Å². The zero-order valence-corrected chi connectivity index (χ0v) is 14.7. The first-order valence-corrected chi connectivity index (χ1v) is 9.44. The molecule has 2 saturated heterocycles. The van der Waals surface area contributed by atoms with Crippen molar-refractivity contribution >= 4 is 17.3 Å². The van der Waals surface area contributed by atoms with E-state index >= 15 is 0 Å². The van der Waals surface area contributed by atoms with Gasteiger partial charge in [-0.1, -0.05) is 0 Å². The number of nitrogens with one attached hydrogen (secondary N) is 2. The van der Waals surface area contributed by atoms with Crippen molar-refractivity contribution in [1.82, 2.24) is 20.7 Å². The Bertz CT molecular complexity index is 730. The molecule has 25 heavy (non-hydrogen) atoms. The third-order valence-electron chi connectivity index (χ3n) is 5.09. The van der Waals surface area contributed by atoms with Gasteiger partial charge >= 0.3 is 5.97 Å². The van der Waals surface area contributed by atoms with E-state index in [1.54, 1.807) is 12.4 Å². The van der Waals surface area contributed by atoms with Gasteiger partial charge in [0.15, 0.2) is 0 Å². The Hall–Kier alpha value is -1.80. The summed E-state index contributed by atoms with van der Waals surface area (Å²) in [6.07, 6.45) is 4.59. The summed E-state index contributed by atoms with van der Waals surface area (Å²) in [6.45, 7) is 3.18. The first-order valence-electron chi connectivity index (χ1n) is 8.63. The third-order valence-corrected chi connectivity index (χ3v) is 6.27. The summed E-state index contributed by atoms with van der Waals surface area (Å²) in [5.41, 5.74) is 7.53. The lowest BCUT2D eigenvalue weighted by molar-refractivity contribution is -0.141. The van der Waals surface area contributed by atoms with Crippen LogP contribution in [0.4, 0.5) is 0 Å². The first kappa shape index (κ1) is 16.7. The van der Waals surface area contributed by atoms with E-state index in [9.17, 15) is 9.90 Å². The molecule has 4 rings (SSSR count). The molecule has 3 atom stereocenters. The summed E-state index contributed by atoms with van der Waals surface area (Å²) in [5.74, 6) is -1.04. The van der Waals surface area contributed by atoms with Gasteiger partial charge in [0.2, 0.25) is 0 Å². The molecule has 6 nitrogen and oxygen atoms in total. The number of hydrazine groups is 1. The Balaban J connectivity index is 1.45. The summed E-state index contributed by atoms with van der Waals surface area (Å²) in [6, 6.07) is 8.64. The van der Waals surface area contributed by atoms with E-state index in [2.05, 4.69) is 32.9 Å². The summed E-state index contributed by atoms with van der Waals surface area (Å²) in [4.78, 5) is 20.7. The lowest BCUT2D eigenvalue weighted by atomic mass is 9.90. The van der Waals surface area contributed by atoms with Crippen molar-refractivity contribution in [3.63, 3.8) is 0 Å². The molecule has 132 valence electrons. The molecule has 0 saturated carbocycles. The van der Waals surface area contributed by atoms with Crippen LogP contribution in [0.2, 0.25) is 0 Å². The number of carbonyl (C=O) groups is 1. The molecule has 2 aromatic rings. The highest BCUT2D eigenvalue weighted by Crippen LogP contribution is 2.35. The number of nitrogens with zero attached hydrogens (tertiary/aromatic N) is 2. The van der Waals surface area contributed by atoms with Crippen molar-refractivity contribution in [1.29, 1.82) is 0 Å². The van der Waals surface area contributed by atoms with Crippen LogP contribution in [0, 0.1) is 5.92 Å². The van der Waals surface area contributed by atoms with E-state index in [0.29, 0.717) is 12.6 Å². The molecular weight excluding hydrogens is 336 g/mol. The van der Waals surface area contributed by atoms with Crippen molar-refractivity contribution in [3.05, 3.63) is 52.0 Å². The largest absolute Gasteiger partial charge is 0.481 e. The molecule has 7 heteroatoms. The van der Waals surface area contributed by atoms with Gasteiger partial charge in [-0.2, -0.15) is 0 Å². The molecule has 0 bridgehead atoms. The van der Waals surface area contributed by atoms with E-state index in [1.165, 1.54) is 9.75 Å². The highest BCUT2D eigenvalue weighted by molar-refractivity contribution is 7.12. The minimum Gasteiger partial charge on any atom is -0.481 e. The standard InChI is InChI=1S/C18H22N4O2S/c23-18(24)15-11-22(10-14(15)12-3-6-19-7-4-12)9-13-1-2-17(25-13)16-5-8-20-21-16/h1-4,6-7,14-16,20-21H,5,8-11H2,(H,23,24)/t14-,15+,16?/m0/s1. The quantitative estimate of drug-likeness (QED) is 0.759. The van der Waals surface area contributed by atoms with E-state index in [4.69, 9.17) is 0 Å². The Labute approximate surface area is 150 Å². The number of thiophene rings is 1. The van der Waals surface area contributed by atoms with Gasteiger partial charge in [0.1, 0.15) is 0 Å². The Morgan fingerprint density at radius 1 is 1.28 bits per heavy atom. The predicted octanol–water partition coefficient (Wildman–Crippen LogP) is 1.98. The fourth-order valence-corrected chi connectivity index (χ4v) is 4.94. The molecule has 4 heterocycles. The van der Waals surface area contributed by atoms with Crippen molar-refractivity contribution in [3.8, 4) is 0 Å². The number of aromatic nitrogens is 1. The number of carboxylic acids is 1. The highest BCUT2D eigenvalue weighted by atomic mass is 32.1.